The molecule has 20 heavy (non-hydrogen) atoms. The van der Waals surface area contributed by atoms with Gasteiger partial charge in [-0.2, -0.15) is 0 Å². The molecule has 1 N–H and O–H groups in total. The van der Waals surface area contributed by atoms with E-state index in [1.165, 1.54) is 37.7 Å². The number of nitrogens with zero attached hydrogens (tertiary/aromatic N) is 2. The molecule has 1 aromatic heterocycles. The number of imidazole rings is 1. The molecule has 3 heteroatoms. The van der Waals surface area contributed by atoms with Crippen LogP contribution in [0, 0.1) is 0 Å². The average Bonchev–Trinajstić information content (AvgIpc) is 2.88. The monoisotopic (exact) mass is 267 g/mol. The molecule has 2 fully saturated rings. The third-order valence-electron chi connectivity index (χ3n) is 4.70. The quantitative estimate of drug-likeness (QED) is 0.908. The molecule has 0 aliphatic heterocycles. The molecular formula is C17H21N3. The van der Waals surface area contributed by atoms with Gasteiger partial charge in [-0.05, 0) is 24.8 Å². The van der Waals surface area contributed by atoms with E-state index in [4.69, 9.17) is 0 Å². The van der Waals surface area contributed by atoms with E-state index < -0.39 is 0 Å². The van der Waals surface area contributed by atoms with Crippen LogP contribution < -0.4 is 5.32 Å². The van der Waals surface area contributed by atoms with E-state index in [2.05, 4.69) is 51.4 Å². The highest BCUT2D eigenvalue weighted by Gasteiger charge is 2.40. The van der Waals surface area contributed by atoms with Gasteiger partial charge in [0.25, 0.3) is 0 Å². The standard InChI is InChI=1S/C17H21N3/c1-2-6-13(7-3-1)15-12-16(15)20-11-10-18-17(20)19-14-8-4-5-9-14/h1-3,6-7,10-11,14-16H,4-5,8-9,12H2,(H,18,19). The zero-order valence-corrected chi connectivity index (χ0v) is 11.7. The maximum Gasteiger partial charge on any atom is 0.203 e. The molecule has 1 aromatic carbocycles. The van der Waals surface area contributed by atoms with Crippen molar-refractivity contribution < 1.29 is 0 Å². The summed E-state index contributed by atoms with van der Waals surface area (Å²) in [4.78, 5) is 4.52. The lowest BCUT2D eigenvalue weighted by molar-refractivity contribution is 0.685. The Bertz CT molecular complexity index is 569. The highest BCUT2D eigenvalue weighted by molar-refractivity contribution is 5.34. The van der Waals surface area contributed by atoms with Gasteiger partial charge in [0.2, 0.25) is 5.95 Å². The maximum absolute atomic E-state index is 4.52. The molecule has 2 atom stereocenters. The van der Waals surface area contributed by atoms with Crippen molar-refractivity contribution >= 4 is 5.95 Å². The average molecular weight is 267 g/mol. The Labute approximate surface area is 120 Å². The Morgan fingerprint density at radius 3 is 2.70 bits per heavy atom. The number of rotatable bonds is 4. The SMILES string of the molecule is c1ccc(C2CC2n2ccnc2NC2CCCC2)cc1. The summed E-state index contributed by atoms with van der Waals surface area (Å²) in [6.07, 6.45) is 10.6. The summed E-state index contributed by atoms with van der Waals surface area (Å²) < 4.78 is 2.34. The highest BCUT2D eigenvalue weighted by atomic mass is 15.2. The van der Waals surface area contributed by atoms with Gasteiger partial charge in [-0.15, -0.1) is 0 Å². The summed E-state index contributed by atoms with van der Waals surface area (Å²) >= 11 is 0. The Kier molecular flexibility index (Phi) is 2.98. The van der Waals surface area contributed by atoms with Gasteiger partial charge in [0, 0.05) is 30.4 Å². The lowest BCUT2D eigenvalue weighted by Gasteiger charge is -2.14. The summed E-state index contributed by atoms with van der Waals surface area (Å²) in [5.41, 5.74) is 1.46. The molecule has 0 amide bonds. The minimum atomic E-state index is 0.587. The van der Waals surface area contributed by atoms with Gasteiger partial charge in [-0.25, -0.2) is 4.98 Å². The third kappa shape index (κ3) is 2.21. The summed E-state index contributed by atoms with van der Waals surface area (Å²) in [5.74, 6) is 1.73. The van der Waals surface area contributed by atoms with Crippen molar-refractivity contribution in [3.8, 4) is 0 Å². The molecule has 2 unspecified atom stereocenters. The van der Waals surface area contributed by atoms with Crippen LogP contribution in [0.25, 0.3) is 0 Å². The molecule has 2 aliphatic carbocycles. The van der Waals surface area contributed by atoms with Gasteiger partial charge in [-0.3, -0.25) is 0 Å². The molecule has 0 spiro atoms. The summed E-state index contributed by atoms with van der Waals surface area (Å²) in [6, 6.07) is 12.1. The minimum Gasteiger partial charge on any atom is -0.353 e. The van der Waals surface area contributed by atoms with Gasteiger partial charge in [0.15, 0.2) is 0 Å². The lowest BCUT2D eigenvalue weighted by Crippen LogP contribution is -2.18. The predicted octanol–water partition coefficient (Wildman–Crippen LogP) is 3.97. The normalized spacial score (nSPS) is 25.8. The Morgan fingerprint density at radius 1 is 1.10 bits per heavy atom. The van der Waals surface area contributed by atoms with Crippen LogP contribution in [0.3, 0.4) is 0 Å². The highest BCUT2D eigenvalue weighted by Crippen LogP contribution is 2.52. The van der Waals surface area contributed by atoms with Crippen molar-refractivity contribution in [1.29, 1.82) is 0 Å². The summed E-state index contributed by atoms with van der Waals surface area (Å²) in [7, 11) is 0. The second kappa shape index (κ2) is 4.97. The summed E-state index contributed by atoms with van der Waals surface area (Å²) in [6.45, 7) is 0. The van der Waals surface area contributed by atoms with Crippen LogP contribution in [0.2, 0.25) is 0 Å². The van der Waals surface area contributed by atoms with Gasteiger partial charge < -0.3 is 9.88 Å². The van der Waals surface area contributed by atoms with Crippen molar-refractivity contribution in [3.05, 3.63) is 48.3 Å². The molecule has 0 saturated heterocycles. The smallest absolute Gasteiger partial charge is 0.203 e. The van der Waals surface area contributed by atoms with Gasteiger partial charge in [0.1, 0.15) is 0 Å². The molecule has 0 bridgehead atoms. The zero-order valence-electron chi connectivity index (χ0n) is 11.7. The van der Waals surface area contributed by atoms with Crippen LogP contribution in [0.4, 0.5) is 5.95 Å². The lowest BCUT2D eigenvalue weighted by atomic mass is 10.1. The van der Waals surface area contributed by atoms with E-state index in [1.807, 2.05) is 6.20 Å². The molecule has 2 aromatic rings. The molecule has 1 heterocycles. The Morgan fingerprint density at radius 2 is 1.90 bits per heavy atom. The first-order valence-electron chi connectivity index (χ1n) is 7.76. The predicted molar refractivity (Wildman–Crippen MR) is 80.9 cm³/mol. The van der Waals surface area contributed by atoms with Crippen LogP contribution in [0.5, 0.6) is 0 Å². The fourth-order valence-corrected chi connectivity index (χ4v) is 3.49. The Hall–Kier alpha value is -1.77. The number of benzene rings is 1. The van der Waals surface area contributed by atoms with E-state index >= 15 is 0 Å². The van der Waals surface area contributed by atoms with Crippen molar-refractivity contribution in [1.82, 2.24) is 9.55 Å². The largest absolute Gasteiger partial charge is 0.353 e. The fourth-order valence-electron chi connectivity index (χ4n) is 3.49. The topological polar surface area (TPSA) is 29.9 Å². The second-order valence-electron chi connectivity index (χ2n) is 6.10. The fraction of sp³-hybridized carbons (Fsp3) is 0.471. The molecule has 0 radical (unpaired) electrons. The van der Waals surface area contributed by atoms with E-state index in [0.717, 1.165) is 5.95 Å². The number of anilines is 1. The van der Waals surface area contributed by atoms with Gasteiger partial charge in [0.05, 0.1) is 0 Å². The van der Waals surface area contributed by atoms with Crippen molar-refractivity contribution in [2.75, 3.05) is 5.32 Å². The van der Waals surface area contributed by atoms with E-state index in [1.54, 1.807) is 0 Å². The summed E-state index contributed by atoms with van der Waals surface area (Å²) in [5, 5.41) is 3.63. The van der Waals surface area contributed by atoms with Gasteiger partial charge >= 0.3 is 0 Å². The number of hydrogen-bond acceptors (Lipinski definition) is 2. The molecule has 4 rings (SSSR count). The second-order valence-corrected chi connectivity index (χ2v) is 6.10. The maximum atomic E-state index is 4.52. The first kappa shape index (κ1) is 12.0. The van der Waals surface area contributed by atoms with Crippen molar-refractivity contribution in [2.24, 2.45) is 0 Å². The van der Waals surface area contributed by atoms with E-state index in [0.29, 0.717) is 18.0 Å². The Balaban J connectivity index is 1.49. The van der Waals surface area contributed by atoms with Crippen molar-refractivity contribution in [2.45, 2.75) is 50.1 Å². The minimum absolute atomic E-state index is 0.587. The van der Waals surface area contributed by atoms with E-state index in [-0.39, 0.29) is 0 Å². The molecule has 3 nitrogen and oxygen atoms in total. The van der Waals surface area contributed by atoms with Crippen LogP contribution in [0.15, 0.2) is 42.7 Å². The molecule has 2 saturated carbocycles. The van der Waals surface area contributed by atoms with Crippen LogP contribution in [-0.4, -0.2) is 15.6 Å². The third-order valence-corrected chi connectivity index (χ3v) is 4.70. The molecule has 104 valence electrons. The number of aromatic nitrogens is 2. The first-order valence-corrected chi connectivity index (χ1v) is 7.76. The van der Waals surface area contributed by atoms with Crippen LogP contribution in [0.1, 0.15) is 49.6 Å². The van der Waals surface area contributed by atoms with Gasteiger partial charge in [-0.1, -0.05) is 43.2 Å². The zero-order chi connectivity index (χ0) is 13.4. The van der Waals surface area contributed by atoms with Crippen LogP contribution in [-0.2, 0) is 0 Å². The molecular weight excluding hydrogens is 246 g/mol. The number of hydrogen-bond donors (Lipinski definition) is 1. The van der Waals surface area contributed by atoms with Crippen LogP contribution >= 0.6 is 0 Å². The van der Waals surface area contributed by atoms with E-state index in [9.17, 15) is 0 Å². The first-order chi connectivity index (χ1) is 9.92. The molecule has 2 aliphatic rings. The van der Waals surface area contributed by atoms with Crippen molar-refractivity contribution in [3.63, 3.8) is 0 Å². The number of nitrogens with one attached hydrogen (secondary N) is 1.